The molecule has 1 N–H and O–H groups in total. The molecule has 0 bridgehead atoms. The highest BCUT2D eigenvalue weighted by molar-refractivity contribution is 5.32. The summed E-state index contributed by atoms with van der Waals surface area (Å²) in [6.07, 6.45) is 5.54. The van der Waals surface area contributed by atoms with Crippen LogP contribution in [0.3, 0.4) is 0 Å². The molecule has 1 atom stereocenters. The van der Waals surface area contributed by atoms with Crippen molar-refractivity contribution < 1.29 is 4.74 Å². The molecule has 16 heavy (non-hydrogen) atoms. The van der Waals surface area contributed by atoms with E-state index in [2.05, 4.69) is 29.6 Å². The van der Waals surface area contributed by atoms with Gasteiger partial charge in [0.15, 0.2) is 0 Å². The van der Waals surface area contributed by atoms with Gasteiger partial charge < -0.3 is 10.1 Å². The Morgan fingerprint density at radius 3 is 2.44 bits per heavy atom. The number of hydrogen-bond acceptors (Lipinski definition) is 2. The van der Waals surface area contributed by atoms with Gasteiger partial charge in [0.2, 0.25) is 0 Å². The first-order valence-electron chi connectivity index (χ1n) is 6.35. The molecule has 0 unspecified atom stereocenters. The second-order valence-electron chi connectivity index (χ2n) is 4.90. The maximum Gasteiger partial charge on any atom is 0.0704 e. The molecule has 2 heteroatoms. The maximum absolute atomic E-state index is 6.17. The minimum atomic E-state index is 0.419. The average molecular weight is 217 g/mol. The van der Waals surface area contributed by atoms with Crippen molar-refractivity contribution in [2.24, 2.45) is 0 Å². The summed E-state index contributed by atoms with van der Waals surface area (Å²) in [5, 5.41) is 3.40. The van der Waals surface area contributed by atoms with E-state index in [0.29, 0.717) is 12.2 Å². The number of nitrogens with one attached hydrogen (secondary N) is 1. The fourth-order valence-corrected chi connectivity index (χ4v) is 2.82. The Hall–Kier alpha value is -0.860. The van der Waals surface area contributed by atoms with Crippen molar-refractivity contribution in [3.63, 3.8) is 0 Å². The minimum Gasteiger partial charge on any atom is -0.373 e. The van der Waals surface area contributed by atoms with Crippen LogP contribution in [0.25, 0.3) is 0 Å². The molecule has 0 radical (unpaired) electrons. The highest BCUT2D eigenvalue weighted by Crippen LogP contribution is 2.25. The van der Waals surface area contributed by atoms with Gasteiger partial charge in [0.05, 0.1) is 12.2 Å². The number of rotatable bonds is 2. The quantitative estimate of drug-likeness (QED) is 0.817. The average Bonchev–Trinajstić information content (AvgIpc) is 2.72. The van der Waals surface area contributed by atoms with E-state index in [9.17, 15) is 0 Å². The summed E-state index contributed by atoms with van der Waals surface area (Å²) in [7, 11) is 0. The largest absolute Gasteiger partial charge is 0.373 e. The monoisotopic (exact) mass is 217 g/mol. The molecule has 1 aliphatic heterocycles. The Morgan fingerprint density at radius 2 is 1.81 bits per heavy atom. The van der Waals surface area contributed by atoms with E-state index in [-0.39, 0.29) is 0 Å². The summed E-state index contributed by atoms with van der Waals surface area (Å²) < 4.78 is 6.17. The molecule has 86 valence electrons. The highest BCUT2D eigenvalue weighted by atomic mass is 16.5. The Kier molecular flexibility index (Phi) is 2.94. The normalized spacial score (nSPS) is 25.6. The van der Waals surface area contributed by atoms with Crippen LogP contribution in [0.4, 0.5) is 0 Å². The van der Waals surface area contributed by atoms with Crippen molar-refractivity contribution in [1.29, 1.82) is 0 Å². The fraction of sp³-hybridized carbons (Fsp3) is 0.571. The first kappa shape index (κ1) is 10.3. The molecule has 1 aromatic rings. The zero-order valence-corrected chi connectivity index (χ0v) is 9.61. The lowest BCUT2D eigenvalue weighted by molar-refractivity contribution is -0.0172. The van der Waals surface area contributed by atoms with E-state index in [4.69, 9.17) is 4.74 Å². The van der Waals surface area contributed by atoms with Gasteiger partial charge >= 0.3 is 0 Å². The van der Waals surface area contributed by atoms with Gasteiger partial charge in [0, 0.05) is 6.54 Å². The molecule has 0 amide bonds. The van der Waals surface area contributed by atoms with E-state index in [1.54, 1.807) is 0 Å². The summed E-state index contributed by atoms with van der Waals surface area (Å²) in [6, 6.07) is 8.72. The summed E-state index contributed by atoms with van der Waals surface area (Å²) in [4.78, 5) is 0. The van der Waals surface area contributed by atoms with Gasteiger partial charge in [0.25, 0.3) is 0 Å². The molecule has 0 spiro atoms. The summed E-state index contributed by atoms with van der Waals surface area (Å²) >= 11 is 0. The molecular weight excluding hydrogens is 198 g/mol. The van der Waals surface area contributed by atoms with E-state index in [1.807, 2.05) is 0 Å². The lowest BCUT2D eigenvalue weighted by Crippen LogP contribution is -2.37. The second-order valence-corrected chi connectivity index (χ2v) is 4.90. The third kappa shape index (κ3) is 2.13. The van der Waals surface area contributed by atoms with Crippen molar-refractivity contribution >= 4 is 0 Å². The molecule has 2 aliphatic rings. The van der Waals surface area contributed by atoms with Crippen LogP contribution in [-0.4, -0.2) is 25.3 Å². The van der Waals surface area contributed by atoms with Gasteiger partial charge in [-0.3, -0.25) is 0 Å². The van der Waals surface area contributed by atoms with Crippen LogP contribution in [0.2, 0.25) is 0 Å². The first-order chi connectivity index (χ1) is 7.92. The fourth-order valence-electron chi connectivity index (χ4n) is 2.82. The van der Waals surface area contributed by atoms with Crippen LogP contribution < -0.4 is 5.32 Å². The third-order valence-corrected chi connectivity index (χ3v) is 3.65. The molecule has 0 saturated carbocycles. The number of benzene rings is 1. The molecule has 1 heterocycles. The first-order valence-corrected chi connectivity index (χ1v) is 6.35. The zero-order chi connectivity index (χ0) is 10.8. The Balaban J connectivity index is 1.59. The molecule has 3 rings (SSSR count). The molecule has 0 aromatic heterocycles. The minimum absolute atomic E-state index is 0.419. The molecule has 1 fully saturated rings. The lowest BCUT2D eigenvalue weighted by atomic mass is 10.1. The Bertz CT molecular complexity index is 333. The SMILES string of the molecule is c1ccc2c(c1)CC(O[C@H]1CCCNC1)C2. The topological polar surface area (TPSA) is 21.3 Å². The van der Waals surface area contributed by atoms with E-state index in [1.165, 1.54) is 24.0 Å². The summed E-state index contributed by atoms with van der Waals surface area (Å²) in [6.45, 7) is 2.19. The molecule has 1 aliphatic carbocycles. The van der Waals surface area contributed by atoms with Crippen LogP contribution in [0.15, 0.2) is 24.3 Å². The van der Waals surface area contributed by atoms with Gasteiger partial charge in [0.1, 0.15) is 0 Å². The zero-order valence-electron chi connectivity index (χ0n) is 9.61. The lowest BCUT2D eigenvalue weighted by Gasteiger charge is -2.26. The van der Waals surface area contributed by atoms with Crippen molar-refractivity contribution in [3.05, 3.63) is 35.4 Å². The molecule has 1 saturated heterocycles. The van der Waals surface area contributed by atoms with E-state index >= 15 is 0 Å². The van der Waals surface area contributed by atoms with Crippen LogP contribution >= 0.6 is 0 Å². The number of fused-ring (bicyclic) bond motifs is 1. The molecule has 1 aromatic carbocycles. The summed E-state index contributed by atoms with van der Waals surface area (Å²) in [5.41, 5.74) is 2.97. The predicted molar refractivity (Wildman–Crippen MR) is 64.6 cm³/mol. The van der Waals surface area contributed by atoms with Crippen molar-refractivity contribution in [2.45, 2.75) is 37.9 Å². The van der Waals surface area contributed by atoms with Crippen LogP contribution in [0.5, 0.6) is 0 Å². The maximum atomic E-state index is 6.17. The number of hydrogen-bond donors (Lipinski definition) is 1. The summed E-state index contributed by atoms with van der Waals surface area (Å²) in [5.74, 6) is 0. The van der Waals surface area contributed by atoms with Crippen LogP contribution in [-0.2, 0) is 17.6 Å². The Labute approximate surface area is 97.0 Å². The Morgan fingerprint density at radius 1 is 1.06 bits per heavy atom. The van der Waals surface area contributed by atoms with Gasteiger partial charge in [-0.15, -0.1) is 0 Å². The second kappa shape index (κ2) is 4.56. The highest BCUT2D eigenvalue weighted by Gasteiger charge is 2.25. The van der Waals surface area contributed by atoms with Gasteiger partial charge in [-0.1, -0.05) is 24.3 Å². The van der Waals surface area contributed by atoms with Crippen molar-refractivity contribution in [2.75, 3.05) is 13.1 Å². The van der Waals surface area contributed by atoms with Gasteiger partial charge in [-0.2, -0.15) is 0 Å². The number of ether oxygens (including phenoxy) is 1. The number of piperidine rings is 1. The van der Waals surface area contributed by atoms with Crippen molar-refractivity contribution in [1.82, 2.24) is 5.32 Å². The van der Waals surface area contributed by atoms with Gasteiger partial charge in [-0.25, -0.2) is 0 Å². The third-order valence-electron chi connectivity index (χ3n) is 3.65. The van der Waals surface area contributed by atoms with Gasteiger partial charge in [-0.05, 0) is 43.4 Å². The van der Waals surface area contributed by atoms with Crippen LogP contribution in [0.1, 0.15) is 24.0 Å². The molecular formula is C14H19NO. The van der Waals surface area contributed by atoms with E-state index < -0.39 is 0 Å². The standard InChI is InChI=1S/C14H19NO/c1-2-5-12-9-14(8-11(12)4-1)16-13-6-3-7-15-10-13/h1-2,4-5,13-15H,3,6-10H2/t13-/m0/s1. The molecule has 2 nitrogen and oxygen atoms in total. The predicted octanol–water partition coefficient (Wildman–Crippen LogP) is 1.92. The smallest absolute Gasteiger partial charge is 0.0704 e. The van der Waals surface area contributed by atoms with E-state index in [0.717, 1.165) is 25.9 Å². The van der Waals surface area contributed by atoms with Crippen LogP contribution in [0, 0.1) is 0 Å². The van der Waals surface area contributed by atoms with Crippen molar-refractivity contribution in [3.8, 4) is 0 Å².